The summed E-state index contributed by atoms with van der Waals surface area (Å²) in [5.74, 6) is 0.798. The van der Waals surface area contributed by atoms with Gasteiger partial charge in [-0.25, -0.2) is 4.79 Å². The third-order valence-corrected chi connectivity index (χ3v) is 3.28. The fourth-order valence-corrected chi connectivity index (χ4v) is 1.99. The van der Waals surface area contributed by atoms with Gasteiger partial charge >= 0.3 is 5.97 Å². The summed E-state index contributed by atoms with van der Waals surface area (Å²) < 4.78 is 5.35. The minimum absolute atomic E-state index is 0.123. The normalized spacial score (nSPS) is 29.5. The highest BCUT2D eigenvalue weighted by Gasteiger charge is 2.45. The van der Waals surface area contributed by atoms with Crippen LogP contribution in [0, 0.1) is 5.92 Å². The summed E-state index contributed by atoms with van der Waals surface area (Å²) in [4.78, 5) is 11.7. The summed E-state index contributed by atoms with van der Waals surface area (Å²) in [6.45, 7) is 7.78. The predicted octanol–water partition coefficient (Wildman–Crippen LogP) is 0.752. The van der Waals surface area contributed by atoms with E-state index in [-0.39, 0.29) is 17.5 Å². The van der Waals surface area contributed by atoms with Gasteiger partial charge in [-0.2, -0.15) is 0 Å². The molecule has 0 aromatic rings. The molecule has 0 spiro atoms. The van der Waals surface area contributed by atoms with E-state index in [1.165, 1.54) is 0 Å². The maximum absolute atomic E-state index is 11.7. The fraction of sp³-hybridized carbons (Fsp3) is 0.727. The van der Waals surface area contributed by atoms with Gasteiger partial charge < -0.3 is 15.4 Å². The molecule has 2 heterocycles. The molecule has 15 heavy (non-hydrogen) atoms. The number of cyclic esters (lactones) is 1. The SMILES string of the molecule is CC1C(=C2NCCCN2)C(=O)OC1(C)C. The quantitative estimate of drug-likeness (QED) is 0.457. The monoisotopic (exact) mass is 210 g/mol. The van der Waals surface area contributed by atoms with Crippen LogP contribution in [-0.4, -0.2) is 24.7 Å². The van der Waals surface area contributed by atoms with Crippen LogP contribution < -0.4 is 10.6 Å². The molecule has 4 nitrogen and oxygen atoms in total. The Kier molecular flexibility index (Phi) is 2.37. The van der Waals surface area contributed by atoms with E-state index in [0.29, 0.717) is 0 Å². The number of hydrogen-bond acceptors (Lipinski definition) is 4. The predicted molar refractivity (Wildman–Crippen MR) is 57.0 cm³/mol. The summed E-state index contributed by atoms with van der Waals surface area (Å²) in [5, 5.41) is 6.45. The lowest BCUT2D eigenvalue weighted by Crippen LogP contribution is -2.38. The summed E-state index contributed by atoms with van der Waals surface area (Å²) in [6, 6.07) is 0. The minimum Gasteiger partial charge on any atom is -0.456 e. The average molecular weight is 210 g/mol. The lowest BCUT2D eigenvalue weighted by atomic mass is 9.89. The summed E-state index contributed by atoms with van der Waals surface area (Å²) in [5.41, 5.74) is 0.375. The lowest BCUT2D eigenvalue weighted by Gasteiger charge is -2.24. The first-order valence-corrected chi connectivity index (χ1v) is 5.47. The van der Waals surface area contributed by atoms with Gasteiger partial charge in [0, 0.05) is 19.0 Å². The van der Waals surface area contributed by atoms with Crippen molar-refractivity contribution in [1.82, 2.24) is 10.6 Å². The molecule has 2 rings (SSSR count). The zero-order valence-corrected chi connectivity index (χ0v) is 9.52. The molecule has 2 saturated heterocycles. The third-order valence-electron chi connectivity index (χ3n) is 3.28. The smallest absolute Gasteiger partial charge is 0.338 e. The van der Waals surface area contributed by atoms with Gasteiger partial charge in [-0.1, -0.05) is 6.92 Å². The Hall–Kier alpha value is -1.19. The van der Waals surface area contributed by atoms with Gasteiger partial charge in [-0.3, -0.25) is 0 Å². The van der Waals surface area contributed by atoms with Crippen molar-refractivity contribution >= 4 is 5.97 Å². The van der Waals surface area contributed by atoms with Crippen LogP contribution in [0.25, 0.3) is 0 Å². The molecule has 1 atom stereocenters. The number of esters is 1. The molecule has 84 valence electrons. The minimum atomic E-state index is -0.389. The average Bonchev–Trinajstić information content (AvgIpc) is 2.38. The standard InChI is InChI=1S/C11H18N2O2/c1-7-8(9-12-5-4-6-13-9)10(14)15-11(7,2)3/h7,12-13H,4-6H2,1-3H3. The Morgan fingerprint density at radius 3 is 2.40 bits per heavy atom. The molecule has 0 radical (unpaired) electrons. The van der Waals surface area contributed by atoms with Crippen LogP contribution in [0.15, 0.2) is 11.4 Å². The first-order chi connectivity index (χ1) is 7.02. The Bertz CT molecular complexity index is 313. The van der Waals surface area contributed by atoms with E-state index in [1.807, 2.05) is 20.8 Å². The van der Waals surface area contributed by atoms with Crippen LogP contribution in [0.5, 0.6) is 0 Å². The fourth-order valence-electron chi connectivity index (χ4n) is 1.99. The van der Waals surface area contributed by atoms with Gasteiger partial charge in [0.25, 0.3) is 0 Å². The highest BCUT2D eigenvalue weighted by molar-refractivity contribution is 5.92. The topological polar surface area (TPSA) is 50.4 Å². The number of hydrogen-bond donors (Lipinski definition) is 2. The summed E-state index contributed by atoms with van der Waals surface area (Å²) in [6.07, 6.45) is 1.09. The van der Waals surface area contributed by atoms with Crippen LogP contribution in [-0.2, 0) is 9.53 Å². The molecule has 0 saturated carbocycles. The molecule has 0 bridgehead atoms. The first kappa shape index (κ1) is 10.3. The van der Waals surface area contributed by atoms with Crippen molar-refractivity contribution in [2.24, 2.45) is 5.92 Å². The van der Waals surface area contributed by atoms with Crippen molar-refractivity contribution in [3.05, 3.63) is 11.4 Å². The van der Waals surface area contributed by atoms with Crippen molar-refractivity contribution in [3.63, 3.8) is 0 Å². The molecule has 0 aromatic carbocycles. The van der Waals surface area contributed by atoms with Crippen molar-refractivity contribution in [3.8, 4) is 0 Å². The molecule has 1 unspecified atom stereocenters. The molecule has 2 aliphatic rings. The number of carbonyl (C=O) groups excluding carboxylic acids is 1. The Balaban J connectivity index is 2.31. The number of nitrogens with one attached hydrogen (secondary N) is 2. The van der Waals surface area contributed by atoms with Gasteiger partial charge in [0.1, 0.15) is 11.4 Å². The van der Waals surface area contributed by atoms with Crippen LogP contribution in [0.2, 0.25) is 0 Å². The van der Waals surface area contributed by atoms with E-state index in [4.69, 9.17) is 4.74 Å². The van der Waals surface area contributed by atoms with Gasteiger partial charge in [-0.05, 0) is 20.3 Å². The van der Waals surface area contributed by atoms with Crippen molar-refractivity contribution < 1.29 is 9.53 Å². The van der Waals surface area contributed by atoms with Crippen LogP contribution in [0.4, 0.5) is 0 Å². The Morgan fingerprint density at radius 1 is 1.33 bits per heavy atom. The van der Waals surface area contributed by atoms with Crippen LogP contribution in [0.3, 0.4) is 0 Å². The Morgan fingerprint density at radius 2 is 1.93 bits per heavy atom. The molecule has 4 heteroatoms. The highest BCUT2D eigenvalue weighted by Crippen LogP contribution is 2.37. The molecular formula is C11H18N2O2. The van der Waals surface area contributed by atoms with E-state index in [9.17, 15) is 4.79 Å². The van der Waals surface area contributed by atoms with Crippen molar-refractivity contribution in [1.29, 1.82) is 0 Å². The maximum Gasteiger partial charge on any atom is 0.338 e. The molecular weight excluding hydrogens is 192 g/mol. The van der Waals surface area contributed by atoms with Crippen LogP contribution >= 0.6 is 0 Å². The maximum atomic E-state index is 11.7. The van der Waals surface area contributed by atoms with E-state index < -0.39 is 0 Å². The number of ether oxygens (including phenoxy) is 1. The molecule has 2 aliphatic heterocycles. The van der Waals surface area contributed by atoms with Crippen LogP contribution in [0.1, 0.15) is 27.2 Å². The second kappa shape index (κ2) is 3.43. The molecule has 0 aliphatic carbocycles. The zero-order valence-electron chi connectivity index (χ0n) is 9.52. The van der Waals surface area contributed by atoms with Crippen molar-refractivity contribution in [2.75, 3.05) is 13.1 Å². The second-order valence-electron chi connectivity index (χ2n) is 4.71. The Labute approximate surface area is 90.1 Å². The molecule has 0 aromatic heterocycles. The lowest BCUT2D eigenvalue weighted by molar-refractivity contribution is -0.144. The van der Waals surface area contributed by atoms with E-state index in [0.717, 1.165) is 30.9 Å². The van der Waals surface area contributed by atoms with Gasteiger partial charge in [0.2, 0.25) is 0 Å². The molecule has 2 N–H and O–H groups in total. The largest absolute Gasteiger partial charge is 0.456 e. The van der Waals surface area contributed by atoms with E-state index in [1.54, 1.807) is 0 Å². The first-order valence-electron chi connectivity index (χ1n) is 5.47. The van der Waals surface area contributed by atoms with Gasteiger partial charge in [0.05, 0.1) is 5.57 Å². The number of carbonyl (C=O) groups is 1. The molecule has 2 fully saturated rings. The summed E-state index contributed by atoms with van der Waals surface area (Å²) >= 11 is 0. The highest BCUT2D eigenvalue weighted by atomic mass is 16.6. The third kappa shape index (κ3) is 1.68. The second-order valence-corrected chi connectivity index (χ2v) is 4.71. The van der Waals surface area contributed by atoms with E-state index >= 15 is 0 Å². The zero-order chi connectivity index (χ0) is 11.1. The van der Waals surface area contributed by atoms with Crippen molar-refractivity contribution in [2.45, 2.75) is 32.8 Å². The van der Waals surface area contributed by atoms with E-state index in [2.05, 4.69) is 10.6 Å². The number of rotatable bonds is 0. The molecule has 0 amide bonds. The van der Waals surface area contributed by atoms with Gasteiger partial charge in [0.15, 0.2) is 0 Å². The van der Waals surface area contributed by atoms with Gasteiger partial charge in [-0.15, -0.1) is 0 Å². The summed E-state index contributed by atoms with van der Waals surface area (Å²) in [7, 11) is 0.